The molecule has 6 heteroatoms. The van der Waals surface area contributed by atoms with E-state index in [9.17, 15) is 8.42 Å². The van der Waals surface area contributed by atoms with Crippen LogP contribution in [0.2, 0.25) is 0 Å². The number of anilines is 1. The van der Waals surface area contributed by atoms with Gasteiger partial charge in [0.05, 0.1) is 5.69 Å². The lowest BCUT2D eigenvalue weighted by atomic mass is 10.1. The van der Waals surface area contributed by atoms with Crippen molar-refractivity contribution in [2.24, 2.45) is 5.14 Å². The summed E-state index contributed by atoms with van der Waals surface area (Å²) in [6.45, 7) is 0. The quantitative estimate of drug-likeness (QED) is 0.879. The molecule has 84 valence electrons. The van der Waals surface area contributed by atoms with Crippen LogP contribution in [-0.4, -0.2) is 8.42 Å². The van der Waals surface area contributed by atoms with Crippen molar-refractivity contribution < 1.29 is 8.42 Å². The summed E-state index contributed by atoms with van der Waals surface area (Å²) >= 11 is 1.54. The molecule has 0 spiro atoms. The van der Waals surface area contributed by atoms with Crippen LogP contribution in [0, 0.1) is 0 Å². The molecule has 2 aromatic rings. The van der Waals surface area contributed by atoms with Crippen molar-refractivity contribution in [2.45, 2.75) is 0 Å². The Morgan fingerprint density at radius 2 is 1.88 bits per heavy atom. The maximum absolute atomic E-state index is 11.0. The fraction of sp³-hybridized carbons (Fsp3) is 0. The number of para-hydroxylation sites is 1. The number of hydrogen-bond acceptors (Lipinski definition) is 3. The first-order chi connectivity index (χ1) is 7.56. The Kier molecular flexibility index (Phi) is 2.95. The summed E-state index contributed by atoms with van der Waals surface area (Å²) < 4.78 is 24.3. The fourth-order valence-corrected chi connectivity index (χ4v) is 2.62. The summed E-state index contributed by atoms with van der Waals surface area (Å²) in [5, 5.41) is 6.89. The lowest BCUT2D eigenvalue weighted by Gasteiger charge is -2.08. The Morgan fingerprint density at radius 1 is 1.12 bits per heavy atom. The predicted molar refractivity (Wildman–Crippen MR) is 66.5 cm³/mol. The molecule has 0 aliphatic rings. The standard InChI is InChI=1S/C10H10N2O2S2/c11-16(13,14)12-9-5-2-1-4-8(9)10-6-3-7-15-10/h1-7,12H,(H2,11,13,14). The highest BCUT2D eigenvalue weighted by Crippen LogP contribution is 2.31. The van der Waals surface area contributed by atoms with Gasteiger partial charge in [0, 0.05) is 10.4 Å². The van der Waals surface area contributed by atoms with Gasteiger partial charge in [-0.25, -0.2) is 5.14 Å². The molecule has 16 heavy (non-hydrogen) atoms. The SMILES string of the molecule is NS(=O)(=O)Nc1ccccc1-c1cccs1. The summed E-state index contributed by atoms with van der Waals surface area (Å²) in [7, 11) is -3.74. The summed E-state index contributed by atoms with van der Waals surface area (Å²) in [6.07, 6.45) is 0. The van der Waals surface area contributed by atoms with E-state index in [1.165, 1.54) is 0 Å². The van der Waals surface area contributed by atoms with E-state index in [-0.39, 0.29) is 0 Å². The van der Waals surface area contributed by atoms with Gasteiger partial charge in [0.1, 0.15) is 0 Å². The maximum Gasteiger partial charge on any atom is 0.296 e. The summed E-state index contributed by atoms with van der Waals surface area (Å²) in [5.41, 5.74) is 1.32. The summed E-state index contributed by atoms with van der Waals surface area (Å²) in [6, 6.07) is 11.0. The van der Waals surface area contributed by atoms with E-state index in [1.54, 1.807) is 23.5 Å². The van der Waals surface area contributed by atoms with Crippen LogP contribution in [0.4, 0.5) is 5.69 Å². The largest absolute Gasteiger partial charge is 0.296 e. The monoisotopic (exact) mass is 254 g/mol. The minimum atomic E-state index is -3.74. The number of benzene rings is 1. The molecule has 0 aliphatic heterocycles. The van der Waals surface area contributed by atoms with E-state index in [2.05, 4.69) is 4.72 Å². The number of nitrogens with two attached hydrogens (primary N) is 1. The molecule has 3 N–H and O–H groups in total. The topological polar surface area (TPSA) is 72.2 Å². The van der Waals surface area contributed by atoms with E-state index in [0.29, 0.717) is 5.69 Å². The highest BCUT2D eigenvalue weighted by molar-refractivity contribution is 7.90. The molecule has 1 aromatic carbocycles. The fourth-order valence-electron chi connectivity index (χ4n) is 1.37. The molecule has 1 aromatic heterocycles. The van der Waals surface area contributed by atoms with E-state index in [1.807, 2.05) is 29.6 Å². The summed E-state index contributed by atoms with van der Waals surface area (Å²) in [4.78, 5) is 0.992. The van der Waals surface area contributed by atoms with Crippen LogP contribution in [0.1, 0.15) is 0 Å². The Labute approximate surface area is 97.9 Å². The highest BCUT2D eigenvalue weighted by atomic mass is 32.2. The van der Waals surface area contributed by atoms with Crippen molar-refractivity contribution in [1.29, 1.82) is 0 Å². The first-order valence-corrected chi connectivity index (χ1v) is 6.92. The Hall–Kier alpha value is -1.37. The molecule has 0 saturated heterocycles. The van der Waals surface area contributed by atoms with E-state index >= 15 is 0 Å². The van der Waals surface area contributed by atoms with Crippen LogP contribution >= 0.6 is 11.3 Å². The molecular formula is C10H10N2O2S2. The average Bonchev–Trinajstić information content (AvgIpc) is 2.69. The van der Waals surface area contributed by atoms with Crippen LogP contribution in [0.25, 0.3) is 10.4 Å². The van der Waals surface area contributed by atoms with Gasteiger partial charge in [-0.2, -0.15) is 8.42 Å². The van der Waals surface area contributed by atoms with Crippen LogP contribution in [0.3, 0.4) is 0 Å². The van der Waals surface area contributed by atoms with Crippen molar-refractivity contribution >= 4 is 27.2 Å². The number of thiophene rings is 1. The zero-order valence-corrected chi connectivity index (χ0v) is 9.88. The Balaban J connectivity index is 2.47. The van der Waals surface area contributed by atoms with Gasteiger partial charge in [0.15, 0.2) is 0 Å². The first-order valence-electron chi connectivity index (χ1n) is 4.50. The molecule has 4 nitrogen and oxygen atoms in total. The van der Waals surface area contributed by atoms with E-state index in [0.717, 1.165) is 10.4 Å². The summed E-state index contributed by atoms with van der Waals surface area (Å²) in [5.74, 6) is 0. The molecule has 0 fully saturated rings. The third-order valence-corrected chi connectivity index (χ3v) is 3.37. The normalized spacial score (nSPS) is 11.3. The lowest BCUT2D eigenvalue weighted by Crippen LogP contribution is -2.21. The number of hydrogen-bond donors (Lipinski definition) is 2. The third-order valence-electron chi connectivity index (χ3n) is 1.97. The van der Waals surface area contributed by atoms with Crippen LogP contribution in [0.15, 0.2) is 41.8 Å². The van der Waals surface area contributed by atoms with Gasteiger partial charge < -0.3 is 0 Å². The molecule has 0 saturated carbocycles. The van der Waals surface area contributed by atoms with Gasteiger partial charge in [-0.15, -0.1) is 11.3 Å². The van der Waals surface area contributed by atoms with Gasteiger partial charge in [-0.3, -0.25) is 4.72 Å². The number of nitrogens with one attached hydrogen (secondary N) is 1. The molecule has 0 atom stereocenters. The van der Waals surface area contributed by atoms with Gasteiger partial charge in [0.25, 0.3) is 10.2 Å². The smallest absolute Gasteiger partial charge is 0.271 e. The average molecular weight is 254 g/mol. The van der Waals surface area contributed by atoms with Crippen molar-refractivity contribution in [3.63, 3.8) is 0 Å². The maximum atomic E-state index is 11.0. The van der Waals surface area contributed by atoms with Crippen molar-refractivity contribution in [3.05, 3.63) is 41.8 Å². The van der Waals surface area contributed by atoms with E-state index < -0.39 is 10.2 Å². The van der Waals surface area contributed by atoms with Crippen molar-refractivity contribution in [2.75, 3.05) is 4.72 Å². The van der Waals surface area contributed by atoms with Gasteiger partial charge in [-0.1, -0.05) is 24.3 Å². The first kappa shape index (κ1) is 11.1. The van der Waals surface area contributed by atoms with Crippen molar-refractivity contribution in [3.8, 4) is 10.4 Å². The van der Waals surface area contributed by atoms with Crippen LogP contribution < -0.4 is 9.86 Å². The molecule has 0 unspecified atom stereocenters. The Morgan fingerprint density at radius 3 is 2.50 bits per heavy atom. The van der Waals surface area contributed by atoms with Gasteiger partial charge in [-0.05, 0) is 17.5 Å². The van der Waals surface area contributed by atoms with E-state index in [4.69, 9.17) is 5.14 Å². The zero-order chi connectivity index (χ0) is 11.6. The van der Waals surface area contributed by atoms with Crippen LogP contribution in [-0.2, 0) is 10.2 Å². The molecule has 0 amide bonds. The molecule has 0 aliphatic carbocycles. The Bertz CT molecular complexity index is 577. The molecule has 0 bridgehead atoms. The predicted octanol–water partition coefficient (Wildman–Crippen LogP) is 2.03. The van der Waals surface area contributed by atoms with Crippen molar-refractivity contribution in [1.82, 2.24) is 0 Å². The second-order valence-corrected chi connectivity index (χ2v) is 5.41. The highest BCUT2D eigenvalue weighted by Gasteiger charge is 2.09. The van der Waals surface area contributed by atoms with Gasteiger partial charge in [0.2, 0.25) is 0 Å². The molecule has 0 radical (unpaired) electrons. The third kappa shape index (κ3) is 2.60. The van der Waals surface area contributed by atoms with Gasteiger partial charge >= 0.3 is 0 Å². The lowest BCUT2D eigenvalue weighted by molar-refractivity contribution is 0.603. The molecule has 1 heterocycles. The second kappa shape index (κ2) is 4.25. The molecule has 2 rings (SSSR count). The minimum Gasteiger partial charge on any atom is -0.271 e. The zero-order valence-electron chi connectivity index (χ0n) is 8.25. The molecular weight excluding hydrogens is 244 g/mol. The second-order valence-electron chi connectivity index (χ2n) is 3.17. The number of rotatable bonds is 3. The minimum absolute atomic E-state index is 0.493. The van der Waals surface area contributed by atoms with Crippen LogP contribution in [0.5, 0.6) is 0 Å².